The number of ether oxygens (including phenoxy) is 2. The van der Waals surface area contributed by atoms with Crippen molar-refractivity contribution < 1.29 is 9.47 Å². The van der Waals surface area contributed by atoms with Crippen LogP contribution in [0.3, 0.4) is 0 Å². The summed E-state index contributed by atoms with van der Waals surface area (Å²) in [5.74, 6) is 0.887. The SMILES string of the molecule is COCCn1cnc2c(N3CC(C)OC(C)C3)ncnc21. The number of nitrogens with zero attached hydrogens (tertiary/aromatic N) is 5. The van der Waals surface area contributed by atoms with Crippen molar-refractivity contribution >= 4 is 17.0 Å². The monoisotopic (exact) mass is 291 g/mol. The fourth-order valence-electron chi connectivity index (χ4n) is 2.80. The minimum Gasteiger partial charge on any atom is -0.383 e. The fraction of sp³-hybridized carbons (Fsp3) is 0.643. The van der Waals surface area contributed by atoms with Gasteiger partial charge in [0.1, 0.15) is 6.33 Å². The van der Waals surface area contributed by atoms with E-state index in [4.69, 9.17) is 9.47 Å². The third-order valence-corrected chi connectivity index (χ3v) is 3.64. The highest BCUT2D eigenvalue weighted by Crippen LogP contribution is 2.24. The summed E-state index contributed by atoms with van der Waals surface area (Å²) >= 11 is 0. The Hall–Kier alpha value is -1.73. The van der Waals surface area contributed by atoms with Crippen LogP contribution in [0.25, 0.3) is 11.2 Å². The van der Waals surface area contributed by atoms with Crippen LogP contribution in [0.1, 0.15) is 13.8 Å². The maximum Gasteiger partial charge on any atom is 0.165 e. The Bertz CT molecular complexity index is 604. The van der Waals surface area contributed by atoms with Crippen molar-refractivity contribution in [2.24, 2.45) is 0 Å². The number of hydrogen-bond acceptors (Lipinski definition) is 6. The molecule has 1 aliphatic heterocycles. The van der Waals surface area contributed by atoms with Gasteiger partial charge in [0.05, 0.1) is 25.1 Å². The molecule has 0 amide bonds. The fourth-order valence-corrected chi connectivity index (χ4v) is 2.80. The zero-order valence-corrected chi connectivity index (χ0v) is 12.7. The third-order valence-electron chi connectivity index (χ3n) is 3.64. The molecule has 1 saturated heterocycles. The lowest BCUT2D eigenvalue weighted by Crippen LogP contribution is -2.46. The lowest BCUT2D eigenvalue weighted by molar-refractivity contribution is -0.00538. The van der Waals surface area contributed by atoms with Gasteiger partial charge in [-0.3, -0.25) is 0 Å². The van der Waals surface area contributed by atoms with E-state index in [0.717, 1.165) is 36.6 Å². The van der Waals surface area contributed by atoms with Crippen LogP contribution in [0.15, 0.2) is 12.7 Å². The maximum absolute atomic E-state index is 5.78. The standard InChI is InChI=1S/C14H21N5O2/c1-10-6-19(7-11(2)21-10)14-12-13(15-8-16-14)18(9-17-12)4-5-20-3/h8-11H,4-7H2,1-3H3. The zero-order chi connectivity index (χ0) is 14.8. The van der Waals surface area contributed by atoms with Crippen molar-refractivity contribution in [3.05, 3.63) is 12.7 Å². The van der Waals surface area contributed by atoms with Crippen LogP contribution in [0.2, 0.25) is 0 Å². The van der Waals surface area contributed by atoms with Gasteiger partial charge in [-0.15, -0.1) is 0 Å². The minimum absolute atomic E-state index is 0.189. The van der Waals surface area contributed by atoms with Crippen LogP contribution in [0, 0.1) is 0 Å². The highest BCUT2D eigenvalue weighted by Gasteiger charge is 2.25. The molecule has 2 aromatic heterocycles. The summed E-state index contributed by atoms with van der Waals surface area (Å²) in [7, 11) is 1.69. The van der Waals surface area contributed by atoms with Gasteiger partial charge in [-0.25, -0.2) is 15.0 Å². The second-order valence-electron chi connectivity index (χ2n) is 5.46. The zero-order valence-electron chi connectivity index (χ0n) is 12.7. The normalized spacial score (nSPS) is 22.9. The van der Waals surface area contributed by atoms with E-state index < -0.39 is 0 Å². The lowest BCUT2D eigenvalue weighted by atomic mass is 10.2. The first kappa shape index (κ1) is 14.2. The summed E-state index contributed by atoms with van der Waals surface area (Å²) < 4.78 is 12.9. The van der Waals surface area contributed by atoms with E-state index in [2.05, 4.69) is 33.7 Å². The average Bonchev–Trinajstić information content (AvgIpc) is 2.87. The number of fused-ring (bicyclic) bond motifs is 1. The molecule has 0 N–H and O–H groups in total. The predicted octanol–water partition coefficient (Wildman–Crippen LogP) is 1.09. The molecule has 3 rings (SSSR count). The summed E-state index contributed by atoms with van der Waals surface area (Å²) in [6, 6.07) is 0. The molecular formula is C14H21N5O2. The van der Waals surface area contributed by atoms with Gasteiger partial charge in [-0.2, -0.15) is 0 Å². The lowest BCUT2D eigenvalue weighted by Gasteiger charge is -2.35. The van der Waals surface area contributed by atoms with Gasteiger partial charge in [0, 0.05) is 26.7 Å². The number of methoxy groups -OCH3 is 1. The van der Waals surface area contributed by atoms with Crippen molar-refractivity contribution in [3.8, 4) is 0 Å². The van der Waals surface area contributed by atoms with Crippen LogP contribution < -0.4 is 4.90 Å². The molecule has 0 aromatic carbocycles. The molecular weight excluding hydrogens is 270 g/mol. The second-order valence-corrected chi connectivity index (χ2v) is 5.46. The predicted molar refractivity (Wildman–Crippen MR) is 79.4 cm³/mol. The molecule has 0 spiro atoms. The van der Waals surface area contributed by atoms with Gasteiger partial charge in [-0.05, 0) is 13.8 Å². The van der Waals surface area contributed by atoms with E-state index in [1.807, 2.05) is 4.57 Å². The van der Waals surface area contributed by atoms with Gasteiger partial charge < -0.3 is 18.9 Å². The third kappa shape index (κ3) is 2.84. The molecule has 2 atom stereocenters. The van der Waals surface area contributed by atoms with Crippen LogP contribution in [-0.2, 0) is 16.0 Å². The highest BCUT2D eigenvalue weighted by molar-refractivity contribution is 5.83. The van der Waals surface area contributed by atoms with Gasteiger partial charge in [0.25, 0.3) is 0 Å². The van der Waals surface area contributed by atoms with Gasteiger partial charge in [-0.1, -0.05) is 0 Å². The number of anilines is 1. The topological polar surface area (TPSA) is 65.3 Å². The molecule has 1 aliphatic rings. The summed E-state index contributed by atoms with van der Waals surface area (Å²) in [6.45, 7) is 7.18. The summed E-state index contributed by atoms with van der Waals surface area (Å²) in [6.07, 6.45) is 3.78. The molecule has 2 unspecified atom stereocenters. The van der Waals surface area contributed by atoms with Gasteiger partial charge in [0.2, 0.25) is 0 Å². The Balaban J connectivity index is 1.93. The number of imidazole rings is 1. The summed E-state index contributed by atoms with van der Waals surface area (Å²) in [4.78, 5) is 15.5. The average molecular weight is 291 g/mol. The Kier molecular flexibility index (Phi) is 4.03. The molecule has 7 nitrogen and oxygen atoms in total. The Morgan fingerprint density at radius 1 is 1.24 bits per heavy atom. The first-order chi connectivity index (χ1) is 10.2. The highest BCUT2D eigenvalue weighted by atomic mass is 16.5. The van der Waals surface area contributed by atoms with E-state index in [-0.39, 0.29) is 12.2 Å². The van der Waals surface area contributed by atoms with E-state index in [0.29, 0.717) is 6.61 Å². The number of aromatic nitrogens is 4. The largest absolute Gasteiger partial charge is 0.383 e. The summed E-state index contributed by atoms with van der Waals surface area (Å²) in [5, 5.41) is 0. The molecule has 114 valence electrons. The Morgan fingerprint density at radius 3 is 2.71 bits per heavy atom. The van der Waals surface area contributed by atoms with Crippen LogP contribution in [0.4, 0.5) is 5.82 Å². The van der Waals surface area contributed by atoms with Crippen molar-refractivity contribution in [1.82, 2.24) is 19.5 Å². The van der Waals surface area contributed by atoms with Crippen molar-refractivity contribution in [2.45, 2.75) is 32.6 Å². The van der Waals surface area contributed by atoms with Crippen LogP contribution in [-0.4, -0.2) is 58.5 Å². The number of rotatable bonds is 4. The van der Waals surface area contributed by atoms with Gasteiger partial charge in [0.15, 0.2) is 17.0 Å². The second kappa shape index (κ2) is 5.95. The molecule has 2 aromatic rings. The van der Waals surface area contributed by atoms with E-state index in [9.17, 15) is 0 Å². The maximum atomic E-state index is 5.78. The minimum atomic E-state index is 0.189. The molecule has 21 heavy (non-hydrogen) atoms. The molecule has 0 radical (unpaired) electrons. The van der Waals surface area contributed by atoms with Crippen LogP contribution >= 0.6 is 0 Å². The first-order valence-electron chi connectivity index (χ1n) is 7.24. The number of morpholine rings is 1. The molecule has 0 aliphatic carbocycles. The van der Waals surface area contributed by atoms with Crippen molar-refractivity contribution in [2.75, 3.05) is 31.7 Å². The van der Waals surface area contributed by atoms with Crippen molar-refractivity contribution in [3.63, 3.8) is 0 Å². The van der Waals surface area contributed by atoms with E-state index >= 15 is 0 Å². The van der Waals surface area contributed by atoms with Crippen molar-refractivity contribution in [1.29, 1.82) is 0 Å². The van der Waals surface area contributed by atoms with Crippen LogP contribution in [0.5, 0.6) is 0 Å². The molecule has 1 fully saturated rings. The van der Waals surface area contributed by atoms with Gasteiger partial charge >= 0.3 is 0 Å². The molecule has 3 heterocycles. The Morgan fingerprint density at radius 2 is 2.00 bits per heavy atom. The first-order valence-corrected chi connectivity index (χ1v) is 7.24. The smallest absolute Gasteiger partial charge is 0.165 e. The van der Waals surface area contributed by atoms with E-state index in [1.54, 1.807) is 19.8 Å². The molecule has 0 bridgehead atoms. The molecule has 7 heteroatoms. The Labute approximate surface area is 123 Å². The quantitative estimate of drug-likeness (QED) is 0.840. The molecule has 0 saturated carbocycles. The van der Waals surface area contributed by atoms with E-state index in [1.165, 1.54) is 0 Å². The number of hydrogen-bond donors (Lipinski definition) is 0. The summed E-state index contributed by atoms with van der Waals surface area (Å²) in [5.41, 5.74) is 1.69.